The fourth-order valence-electron chi connectivity index (χ4n) is 3.34. The molecule has 2 rings (SSSR count). The molecule has 2 heteroatoms. The highest BCUT2D eigenvalue weighted by Gasteiger charge is 2.28. The van der Waals surface area contributed by atoms with Crippen LogP contribution in [0, 0.1) is 5.92 Å². The summed E-state index contributed by atoms with van der Waals surface area (Å²) in [6.07, 6.45) is 8.48. The maximum atomic E-state index is 3.65. The van der Waals surface area contributed by atoms with E-state index in [1.807, 2.05) is 0 Å². The Morgan fingerprint density at radius 3 is 2.60 bits per heavy atom. The zero-order valence-corrected chi connectivity index (χ0v) is 10.3. The van der Waals surface area contributed by atoms with Crippen molar-refractivity contribution in [3.8, 4) is 0 Å². The highest BCUT2D eigenvalue weighted by atomic mass is 15.2. The van der Waals surface area contributed by atoms with E-state index < -0.39 is 0 Å². The van der Waals surface area contributed by atoms with Crippen molar-refractivity contribution in [2.24, 2.45) is 5.92 Å². The topological polar surface area (TPSA) is 15.3 Å². The van der Waals surface area contributed by atoms with Gasteiger partial charge in [0.05, 0.1) is 0 Å². The Kier molecular flexibility index (Phi) is 4.04. The van der Waals surface area contributed by atoms with Gasteiger partial charge < -0.3 is 10.2 Å². The van der Waals surface area contributed by atoms with E-state index in [0.717, 1.165) is 18.0 Å². The Labute approximate surface area is 94.4 Å². The summed E-state index contributed by atoms with van der Waals surface area (Å²) in [7, 11) is 2.32. The van der Waals surface area contributed by atoms with E-state index in [1.54, 1.807) is 0 Å². The molecule has 2 aliphatic rings. The minimum Gasteiger partial charge on any atom is -0.313 e. The second kappa shape index (κ2) is 5.31. The lowest BCUT2D eigenvalue weighted by molar-refractivity contribution is 0.176. The average molecular weight is 210 g/mol. The lowest BCUT2D eigenvalue weighted by atomic mass is 10.0. The first-order valence-electron chi connectivity index (χ1n) is 6.71. The van der Waals surface area contributed by atoms with Gasteiger partial charge in [-0.1, -0.05) is 19.8 Å². The third-order valence-corrected chi connectivity index (χ3v) is 4.30. The van der Waals surface area contributed by atoms with E-state index in [4.69, 9.17) is 0 Å². The zero-order valence-electron chi connectivity index (χ0n) is 10.3. The first-order chi connectivity index (χ1) is 7.27. The summed E-state index contributed by atoms with van der Waals surface area (Å²) in [6, 6.07) is 1.62. The van der Waals surface area contributed by atoms with Crippen molar-refractivity contribution < 1.29 is 0 Å². The van der Waals surface area contributed by atoms with Crippen LogP contribution < -0.4 is 5.32 Å². The molecule has 1 aliphatic heterocycles. The van der Waals surface area contributed by atoms with Crippen LogP contribution in [-0.2, 0) is 0 Å². The second-order valence-electron chi connectivity index (χ2n) is 5.56. The van der Waals surface area contributed by atoms with Gasteiger partial charge in [0.25, 0.3) is 0 Å². The van der Waals surface area contributed by atoms with Crippen LogP contribution in [0.15, 0.2) is 0 Å². The van der Waals surface area contributed by atoms with Crippen molar-refractivity contribution in [1.82, 2.24) is 10.2 Å². The summed E-state index contributed by atoms with van der Waals surface area (Å²) in [5, 5.41) is 3.65. The molecule has 1 aliphatic carbocycles. The summed E-state index contributed by atoms with van der Waals surface area (Å²) < 4.78 is 0. The minimum atomic E-state index is 0.761. The number of nitrogens with zero attached hydrogens (tertiary/aromatic N) is 1. The molecule has 2 fully saturated rings. The maximum Gasteiger partial charge on any atom is 0.0195 e. The van der Waals surface area contributed by atoms with Gasteiger partial charge in [-0.25, -0.2) is 0 Å². The highest BCUT2D eigenvalue weighted by molar-refractivity contribution is 4.84. The van der Waals surface area contributed by atoms with Gasteiger partial charge in [-0.2, -0.15) is 0 Å². The van der Waals surface area contributed by atoms with Crippen molar-refractivity contribution >= 4 is 0 Å². The Bertz CT molecular complexity index is 187. The fraction of sp³-hybridized carbons (Fsp3) is 1.00. The Morgan fingerprint density at radius 2 is 2.00 bits per heavy atom. The molecule has 0 spiro atoms. The fourth-order valence-corrected chi connectivity index (χ4v) is 3.34. The Morgan fingerprint density at radius 1 is 1.13 bits per heavy atom. The lowest BCUT2D eigenvalue weighted by Crippen LogP contribution is -2.46. The van der Waals surface area contributed by atoms with Gasteiger partial charge in [0.1, 0.15) is 0 Å². The van der Waals surface area contributed by atoms with Crippen molar-refractivity contribution in [3.63, 3.8) is 0 Å². The van der Waals surface area contributed by atoms with Crippen molar-refractivity contribution in [1.29, 1.82) is 0 Å². The SMILES string of the molecule is CC1CCCC1N(C)CC1CCCCN1. The Balaban J connectivity index is 1.77. The first kappa shape index (κ1) is 11.4. The van der Waals surface area contributed by atoms with Crippen LogP contribution in [0.25, 0.3) is 0 Å². The minimum absolute atomic E-state index is 0.761. The van der Waals surface area contributed by atoms with Gasteiger partial charge in [-0.3, -0.25) is 0 Å². The second-order valence-corrected chi connectivity index (χ2v) is 5.56. The lowest BCUT2D eigenvalue weighted by Gasteiger charge is -2.33. The first-order valence-corrected chi connectivity index (χ1v) is 6.71. The predicted molar refractivity (Wildman–Crippen MR) is 65.1 cm³/mol. The van der Waals surface area contributed by atoms with Crippen molar-refractivity contribution in [2.45, 2.75) is 57.5 Å². The van der Waals surface area contributed by atoms with Gasteiger partial charge in [-0.05, 0) is 45.2 Å². The molecule has 1 saturated heterocycles. The molecule has 0 aromatic heterocycles. The standard InChI is InChI=1S/C13H26N2/c1-11-6-5-8-13(11)15(2)10-12-7-3-4-9-14-12/h11-14H,3-10H2,1-2H3. The maximum absolute atomic E-state index is 3.65. The molecule has 0 radical (unpaired) electrons. The van der Waals surface area contributed by atoms with Crippen LogP contribution in [0.5, 0.6) is 0 Å². The molecule has 88 valence electrons. The van der Waals surface area contributed by atoms with Gasteiger partial charge in [0, 0.05) is 18.6 Å². The monoisotopic (exact) mass is 210 g/mol. The van der Waals surface area contributed by atoms with Crippen molar-refractivity contribution in [2.75, 3.05) is 20.1 Å². The third-order valence-electron chi connectivity index (χ3n) is 4.30. The van der Waals surface area contributed by atoms with E-state index in [1.165, 1.54) is 51.6 Å². The number of piperidine rings is 1. The van der Waals surface area contributed by atoms with E-state index in [0.29, 0.717) is 0 Å². The predicted octanol–water partition coefficient (Wildman–Crippen LogP) is 2.25. The molecule has 2 nitrogen and oxygen atoms in total. The molecular formula is C13H26N2. The van der Waals surface area contributed by atoms with Crippen LogP contribution in [0.4, 0.5) is 0 Å². The van der Waals surface area contributed by atoms with E-state index in [-0.39, 0.29) is 0 Å². The molecule has 1 N–H and O–H groups in total. The molecule has 0 bridgehead atoms. The van der Waals surface area contributed by atoms with E-state index in [2.05, 4.69) is 24.2 Å². The molecule has 3 unspecified atom stereocenters. The largest absolute Gasteiger partial charge is 0.313 e. The Hall–Kier alpha value is -0.0800. The summed E-state index contributed by atoms with van der Waals surface area (Å²) in [5.41, 5.74) is 0. The zero-order chi connectivity index (χ0) is 10.7. The number of likely N-dealkylation sites (N-methyl/N-ethyl adjacent to an activating group) is 1. The van der Waals surface area contributed by atoms with Crippen LogP contribution in [0.1, 0.15) is 45.4 Å². The number of rotatable bonds is 3. The van der Waals surface area contributed by atoms with Crippen LogP contribution >= 0.6 is 0 Å². The van der Waals surface area contributed by atoms with Gasteiger partial charge in [0.2, 0.25) is 0 Å². The normalized spacial score (nSPS) is 37.4. The van der Waals surface area contributed by atoms with Gasteiger partial charge in [-0.15, -0.1) is 0 Å². The number of nitrogens with one attached hydrogen (secondary N) is 1. The molecule has 3 atom stereocenters. The van der Waals surface area contributed by atoms with E-state index in [9.17, 15) is 0 Å². The van der Waals surface area contributed by atoms with Crippen LogP contribution in [-0.4, -0.2) is 37.1 Å². The van der Waals surface area contributed by atoms with Crippen LogP contribution in [0.3, 0.4) is 0 Å². The third kappa shape index (κ3) is 2.94. The molecular weight excluding hydrogens is 184 g/mol. The summed E-state index contributed by atoms with van der Waals surface area (Å²) >= 11 is 0. The van der Waals surface area contributed by atoms with Crippen molar-refractivity contribution in [3.05, 3.63) is 0 Å². The average Bonchev–Trinajstić information content (AvgIpc) is 2.66. The highest BCUT2D eigenvalue weighted by Crippen LogP contribution is 2.28. The molecule has 0 amide bonds. The molecule has 1 heterocycles. The quantitative estimate of drug-likeness (QED) is 0.768. The number of hydrogen-bond acceptors (Lipinski definition) is 2. The molecule has 1 saturated carbocycles. The van der Waals surface area contributed by atoms with Crippen LogP contribution in [0.2, 0.25) is 0 Å². The van der Waals surface area contributed by atoms with Gasteiger partial charge in [0.15, 0.2) is 0 Å². The number of hydrogen-bond donors (Lipinski definition) is 1. The van der Waals surface area contributed by atoms with Gasteiger partial charge >= 0.3 is 0 Å². The smallest absolute Gasteiger partial charge is 0.0195 e. The molecule has 0 aromatic rings. The molecule has 15 heavy (non-hydrogen) atoms. The van der Waals surface area contributed by atoms with E-state index >= 15 is 0 Å². The molecule has 0 aromatic carbocycles. The summed E-state index contributed by atoms with van der Waals surface area (Å²) in [5.74, 6) is 0.915. The summed E-state index contributed by atoms with van der Waals surface area (Å²) in [4.78, 5) is 2.61. The summed E-state index contributed by atoms with van der Waals surface area (Å²) in [6.45, 7) is 4.91.